The predicted molar refractivity (Wildman–Crippen MR) is 94.5 cm³/mol. The van der Waals surface area contributed by atoms with E-state index in [0.717, 1.165) is 31.6 Å². The number of hydrogen-bond acceptors (Lipinski definition) is 5. The molecule has 2 fully saturated rings. The van der Waals surface area contributed by atoms with Gasteiger partial charge in [-0.15, -0.1) is 0 Å². The number of aromatic nitrogens is 3. The van der Waals surface area contributed by atoms with Crippen molar-refractivity contribution >= 4 is 11.8 Å². The van der Waals surface area contributed by atoms with Gasteiger partial charge in [0.25, 0.3) is 5.91 Å². The summed E-state index contributed by atoms with van der Waals surface area (Å²) in [6.45, 7) is 2.41. The number of rotatable bonds is 3. The Morgan fingerprint density at radius 3 is 2.42 bits per heavy atom. The summed E-state index contributed by atoms with van der Waals surface area (Å²) in [4.78, 5) is 32.9. The van der Waals surface area contributed by atoms with E-state index in [9.17, 15) is 9.59 Å². The number of likely N-dealkylation sites (tertiary alicyclic amines) is 2. The third-order valence-corrected chi connectivity index (χ3v) is 5.18. The molecule has 4 rings (SSSR count). The van der Waals surface area contributed by atoms with Crippen LogP contribution in [0.2, 0.25) is 0 Å². The van der Waals surface area contributed by atoms with Crippen molar-refractivity contribution in [1.29, 1.82) is 0 Å². The molecule has 3 heterocycles. The van der Waals surface area contributed by atoms with Gasteiger partial charge in [0, 0.05) is 37.8 Å². The van der Waals surface area contributed by atoms with Gasteiger partial charge in [-0.25, -0.2) is 9.67 Å². The maximum Gasteiger partial charge on any atom is 0.253 e. The summed E-state index contributed by atoms with van der Waals surface area (Å²) < 4.78 is 1.63. The highest BCUT2D eigenvalue weighted by molar-refractivity contribution is 5.95. The van der Waals surface area contributed by atoms with Crippen LogP contribution in [0.15, 0.2) is 36.9 Å². The van der Waals surface area contributed by atoms with Crippen molar-refractivity contribution in [3.8, 4) is 5.69 Å². The minimum Gasteiger partial charge on any atom is -0.342 e. The Kier molecular flexibility index (Phi) is 4.42. The first-order valence-electron chi connectivity index (χ1n) is 8.92. The number of carbonyl (C=O) groups excluding carboxylic acids is 2. The average molecular weight is 354 g/mol. The molecule has 136 valence electrons. The first kappa shape index (κ1) is 16.7. The zero-order chi connectivity index (χ0) is 18.1. The van der Waals surface area contributed by atoms with Gasteiger partial charge in [0.1, 0.15) is 12.7 Å². The lowest BCUT2D eigenvalue weighted by atomic mass is 10.0. The second-order valence-electron chi connectivity index (χ2n) is 6.90. The number of hydrogen-bond donors (Lipinski definition) is 1. The van der Waals surface area contributed by atoms with Crippen LogP contribution < -0.4 is 5.73 Å². The minimum absolute atomic E-state index is 0.0897. The fraction of sp³-hybridized carbons (Fsp3) is 0.444. The smallest absolute Gasteiger partial charge is 0.253 e. The quantitative estimate of drug-likeness (QED) is 0.854. The summed E-state index contributed by atoms with van der Waals surface area (Å²) in [6, 6.07) is 6.87. The van der Waals surface area contributed by atoms with Gasteiger partial charge in [0.2, 0.25) is 5.91 Å². The third-order valence-electron chi connectivity index (χ3n) is 5.18. The summed E-state index contributed by atoms with van der Waals surface area (Å²) in [5, 5.41) is 4.07. The number of benzene rings is 1. The Morgan fingerprint density at radius 1 is 1.04 bits per heavy atom. The fourth-order valence-corrected chi connectivity index (χ4v) is 3.71. The van der Waals surface area contributed by atoms with E-state index in [1.54, 1.807) is 28.0 Å². The van der Waals surface area contributed by atoms with Gasteiger partial charge in [0.05, 0.1) is 11.6 Å². The van der Waals surface area contributed by atoms with Crippen LogP contribution in [0.1, 0.15) is 23.2 Å². The molecule has 0 aliphatic carbocycles. The first-order valence-corrected chi connectivity index (χ1v) is 8.92. The van der Waals surface area contributed by atoms with Crippen molar-refractivity contribution in [3.05, 3.63) is 42.5 Å². The van der Waals surface area contributed by atoms with Crippen molar-refractivity contribution in [1.82, 2.24) is 24.6 Å². The van der Waals surface area contributed by atoms with E-state index in [0.29, 0.717) is 18.7 Å². The summed E-state index contributed by atoms with van der Waals surface area (Å²) >= 11 is 0. The van der Waals surface area contributed by atoms with Crippen LogP contribution >= 0.6 is 0 Å². The average Bonchev–Trinajstić information content (AvgIpc) is 3.42. The van der Waals surface area contributed by atoms with Crippen LogP contribution in [0.5, 0.6) is 0 Å². The van der Waals surface area contributed by atoms with Crippen LogP contribution in [-0.2, 0) is 4.79 Å². The standard InChI is InChI=1S/C18H22N6O2/c19-16-10-23(9-15(16)18(26)22-7-1-2-8-22)17(25)13-3-5-14(6-4-13)24-12-20-11-21-24/h3-6,11-12,15-16H,1-2,7-10,19H2/t15-,16+/m1/s1. The highest BCUT2D eigenvalue weighted by Crippen LogP contribution is 2.22. The van der Waals surface area contributed by atoms with Crippen molar-refractivity contribution in [2.24, 2.45) is 11.7 Å². The van der Waals surface area contributed by atoms with Crippen molar-refractivity contribution in [3.63, 3.8) is 0 Å². The molecule has 0 bridgehead atoms. The zero-order valence-electron chi connectivity index (χ0n) is 14.5. The molecule has 8 nitrogen and oxygen atoms in total. The van der Waals surface area contributed by atoms with E-state index in [1.807, 2.05) is 17.0 Å². The molecule has 2 aromatic rings. The van der Waals surface area contributed by atoms with Gasteiger partial charge in [-0.05, 0) is 37.1 Å². The number of amides is 2. The maximum absolute atomic E-state index is 12.8. The third kappa shape index (κ3) is 3.08. The molecule has 2 aliphatic heterocycles. The molecular formula is C18H22N6O2. The van der Waals surface area contributed by atoms with E-state index < -0.39 is 0 Å². The predicted octanol–water partition coefficient (Wildman–Crippen LogP) is 0.289. The SMILES string of the molecule is N[C@H]1CN(C(=O)c2ccc(-n3cncn3)cc2)C[C@H]1C(=O)N1CCCC1. The molecule has 2 N–H and O–H groups in total. The Balaban J connectivity index is 1.44. The van der Waals surface area contributed by atoms with Gasteiger partial charge in [-0.2, -0.15) is 5.10 Å². The second-order valence-corrected chi connectivity index (χ2v) is 6.90. The van der Waals surface area contributed by atoms with Crippen LogP contribution in [0.25, 0.3) is 5.69 Å². The Bertz CT molecular complexity index is 783. The largest absolute Gasteiger partial charge is 0.342 e. The van der Waals surface area contributed by atoms with E-state index >= 15 is 0 Å². The van der Waals surface area contributed by atoms with Crippen LogP contribution in [-0.4, -0.2) is 68.6 Å². The van der Waals surface area contributed by atoms with Crippen molar-refractivity contribution in [2.75, 3.05) is 26.2 Å². The maximum atomic E-state index is 12.8. The monoisotopic (exact) mass is 354 g/mol. The van der Waals surface area contributed by atoms with E-state index in [4.69, 9.17) is 5.73 Å². The number of nitrogens with two attached hydrogens (primary N) is 1. The van der Waals surface area contributed by atoms with Gasteiger partial charge in [-0.3, -0.25) is 9.59 Å². The second kappa shape index (κ2) is 6.87. The molecule has 2 amide bonds. The Morgan fingerprint density at radius 2 is 1.77 bits per heavy atom. The van der Waals surface area contributed by atoms with Gasteiger partial charge in [-0.1, -0.05) is 0 Å². The lowest BCUT2D eigenvalue weighted by Gasteiger charge is -2.22. The molecule has 0 saturated carbocycles. The molecule has 2 saturated heterocycles. The molecule has 26 heavy (non-hydrogen) atoms. The molecular weight excluding hydrogens is 332 g/mol. The normalized spacial score (nSPS) is 22.8. The molecule has 0 unspecified atom stereocenters. The van der Waals surface area contributed by atoms with E-state index in [-0.39, 0.29) is 23.8 Å². The lowest BCUT2D eigenvalue weighted by molar-refractivity contribution is -0.134. The number of carbonyl (C=O) groups is 2. The molecule has 0 radical (unpaired) electrons. The molecule has 1 aromatic carbocycles. The Labute approximate surface area is 151 Å². The molecule has 1 aromatic heterocycles. The molecule has 2 aliphatic rings. The highest BCUT2D eigenvalue weighted by Gasteiger charge is 2.40. The number of nitrogens with zero attached hydrogens (tertiary/aromatic N) is 5. The summed E-state index contributed by atoms with van der Waals surface area (Å²) in [7, 11) is 0. The van der Waals surface area contributed by atoms with E-state index in [2.05, 4.69) is 10.1 Å². The van der Waals surface area contributed by atoms with E-state index in [1.165, 1.54) is 6.33 Å². The van der Waals surface area contributed by atoms with Gasteiger partial charge < -0.3 is 15.5 Å². The lowest BCUT2D eigenvalue weighted by Crippen LogP contribution is -2.42. The Hall–Kier alpha value is -2.74. The van der Waals surface area contributed by atoms with Crippen molar-refractivity contribution < 1.29 is 9.59 Å². The molecule has 0 spiro atoms. The molecule has 2 atom stereocenters. The summed E-state index contributed by atoms with van der Waals surface area (Å²) in [5.74, 6) is -0.305. The highest BCUT2D eigenvalue weighted by atomic mass is 16.2. The fourth-order valence-electron chi connectivity index (χ4n) is 3.71. The van der Waals surface area contributed by atoms with Crippen LogP contribution in [0.4, 0.5) is 0 Å². The van der Waals surface area contributed by atoms with Gasteiger partial charge in [0.15, 0.2) is 0 Å². The molecule has 8 heteroatoms. The topological polar surface area (TPSA) is 97.4 Å². The van der Waals surface area contributed by atoms with Gasteiger partial charge >= 0.3 is 0 Å². The van der Waals surface area contributed by atoms with Crippen LogP contribution in [0, 0.1) is 5.92 Å². The summed E-state index contributed by atoms with van der Waals surface area (Å²) in [6.07, 6.45) is 5.16. The minimum atomic E-state index is -0.304. The summed E-state index contributed by atoms with van der Waals surface area (Å²) in [5.41, 5.74) is 7.59. The van der Waals surface area contributed by atoms with Crippen molar-refractivity contribution in [2.45, 2.75) is 18.9 Å². The van der Waals surface area contributed by atoms with Crippen LogP contribution in [0.3, 0.4) is 0 Å². The first-order chi connectivity index (χ1) is 12.6. The zero-order valence-corrected chi connectivity index (χ0v) is 14.5.